The summed E-state index contributed by atoms with van der Waals surface area (Å²) in [6.07, 6.45) is -0.632. The van der Waals surface area contributed by atoms with Crippen molar-refractivity contribution in [3.63, 3.8) is 0 Å². The third-order valence-corrected chi connectivity index (χ3v) is 3.67. The molecule has 1 atom stereocenters. The zero-order valence-corrected chi connectivity index (χ0v) is 14.0. The van der Waals surface area contributed by atoms with E-state index in [0.717, 1.165) is 22.6 Å². The number of carbonyl (C=O) groups excluding carboxylic acids is 1. The summed E-state index contributed by atoms with van der Waals surface area (Å²) in [5.41, 5.74) is 1.99. The Morgan fingerprint density at radius 1 is 1.32 bits per heavy atom. The van der Waals surface area contributed by atoms with Crippen molar-refractivity contribution in [3.05, 3.63) is 51.9 Å². The smallest absolute Gasteiger partial charge is 0.261 e. The molecule has 2 rings (SSSR count). The molecule has 0 fully saturated rings. The van der Waals surface area contributed by atoms with E-state index in [1.165, 1.54) is 0 Å². The van der Waals surface area contributed by atoms with E-state index in [1.807, 2.05) is 39.0 Å². The fourth-order valence-electron chi connectivity index (χ4n) is 2.13. The van der Waals surface area contributed by atoms with E-state index < -0.39 is 6.10 Å². The summed E-state index contributed by atoms with van der Waals surface area (Å²) in [6.45, 7) is 7.81. The van der Waals surface area contributed by atoms with Crippen molar-refractivity contribution in [3.8, 4) is 5.75 Å². The van der Waals surface area contributed by atoms with Gasteiger partial charge in [-0.3, -0.25) is 4.79 Å². The molecule has 1 amide bonds. The lowest BCUT2D eigenvalue weighted by Gasteiger charge is -2.16. The summed E-state index contributed by atoms with van der Waals surface area (Å²) >= 11 is 6.07. The van der Waals surface area contributed by atoms with Crippen molar-refractivity contribution in [2.24, 2.45) is 0 Å². The standard InChI is InChI=1S/C17H20ClNO3/c1-10-5-6-15(18)16(7-10)22-13(4)17(20)19-9-14-8-11(2)21-12(14)3/h5-8,13H,9H2,1-4H3,(H,19,20). The number of amides is 1. The first kappa shape index (κ1) is 16.4. The van der Waals surface area contributed by atoms with Gasteiger partial charge in [0.25, 0.3) is 5.91 Å². The minimum absolute atomic E-state index is 0.198. The highest BCUT2D eigenvalue weighted by atomic mass is 35.5. The Morgan fingerprint density at radius 3 is 2.68 bits per heavy atom. The Morgan fingerprint density at radius 2 is 2.05 bits per heavy atom. The van der Waals surface area contributed by atoms with Gasteiger partial charge in [-0.15, -0.1) is 0 Å². The number of hydrogen-bond acceptors (Lipinski definition) is 3. The monoisotopic (exact) mass is 321 g/mol. The number of benzene rings is 1. The number of aryl methyl sites for hydroxylation is 3. The van der Waals surface area contributed by atoms with E-state index in [1.54, 1.807) is 13.0 Å². The van der Waals surface area contributed by atoms with Crippen LogP contribution in [0, 0.1) is 20.8 Å². The second kappa shape index (κ2) is 6.88. The van der Waals surface area contributed by atoms with Crippen LogP contribution in [0.4, 0.5) is 0 Å². The van der Waals surface area contributed by atoms with Crippen molar-refractivity contribution in [2.45, 2.75) is 40.3 Å². The van der Waals surface area contributed by atoms with Gasteiger partial charge < -0.3 is 14.5 Å². The van der Waals surface area contributed by atoms with Crippen molar-refractivity contribution in [2.75, 3.05) is 0 Å². The van der Waals surface area contributed by atoms with E-state index in [0.29, 0.717) is 17.3 Å². The Kier molecular flexibility index (Phi) is 5.14. The van der Waals surface area contributed by atoms with Gasteiger partial charge in [0.1, 0.15) is 17.3 Å². The molecule has 4 nitrogen and oxygen atoms in total. The lowest BCUT2D eigenvalue weighted by molar-refractivity contribution is -0.127. The molecule has 22 heavy (non-hydrogen) atoms. The lowest BCUT2D eigenvalue weighted by Crippen LogP contribution is -2.36. The van der Waals surface area contributed by atoms with Gasteiger partial charge in [0.2, 0.25) is 0 Å². The predicted molar refractivity (Wildman–Crippen MR) is 86.3 cm³/mol. The molecular weight excluding hydrogens is 302 g/mol. The molecule has 0 saturated heterocycles. The molecule has 0 spiro atoms. The highest BCUT2D eigenvalue weighted by Crippen LogP contribution is 2.26. The highest BCUT2D eigenvalue weighted by molar-refractivity contribution is 6.32. The van der Waals surface area contributed by atoms with E-state index in [2.05, 4.69) is 5.32 Å². The summed E-state index contributed by atoms with van der Waals surface area (Å²) in [6, 6.07) is 7.38. The second-order valence-corrected chi connectivity index (χ2v) is 5.76. The zero-order chi connectivity index (χ0) is 16.3. The minimum Gasteiger partial charge on any atom is -0.479 e. The maximum atomic E-state index is 12.1. The molecule has 2 aromatic rings. The van der Waals surface area contributed by atoms with Gasteiger partial charge in [0.05, 0.1) is 5.02 Å². The molecule has 0 bridgehead atoms. The molecule has 0 aliphatic carbocycles. The van der Waals surface area contributed by atoms with Gasteiger partial charge in [-0.25, -0.2) is 0 Å². The summed E-state index contributed by atoms with van der Waals surface area (Å²) < 4.78 is 11.1. The van der Waals surface area contributed by atoms with Crippen LogP contribution in [-0.2, 0) is 11.3 Å². The minimum atomic E-state index is -0.632. The van der Waals surface area contributed by atoms with Crippen molar-refractivity contribution in [1.82, 2.24) is 5.32 Å². The number of ether oxygens (including phenoxy) is 1. The Balaban J connectivity index is 1.94. The molecule has 5 heteroatoms. The van der Waals surface area contributed by atoms with Gasteiger partial charge in [0, 0.05) is 12.1 Å². The van der Waals surface area contributed by atoms with E-state index in [-0.39, 0.29) is 5.91 Å². The first-order valence-corrected chi connectivity index (χ1v) is 7.51. The summed E-state index contributed by atoms with van der Waals surface area (Å²) in [5, 5.41) is 3.33. The molecule has 1 unspecified atom stereocenters. The number of hydrogen-bond donors (Lipinski definition) is 1. The second-order valence-electron chi connectivity index (χ2n) is 5.35. The number of nitrogens with one attached hydrogen (secondary N) is 1. The molecule has 1 aromatic heterocycles. The first-order valence-electron chi connectivity index (χ1n) is 7.13. The van der Waals surface area contributed by atoms with Gasteiger partial charge in [-0.1, -0.05) is 17.7 Å². The van der Waals surface area contributed by atoms with E-state index in [4.69, 9.17) is 20.8 Å². The average molecular weight is 322 g/mol. The van der Waals surface area contributed by atoms with Crippen LogP contribution in [-0.4, -0.2) is 12.0 Å². The number of carbonyl (C=O) groups is 1. The quantitative estimate of drug-likeness (QED) is 0.907. The van der Waals surface area contributed by atoms with E-state index in [9.17, 15) is 4.79 Å². The average Bonchev–Trinajstić information content (AvgIpc) is 2.78. The largest absolute Gasteiger partial charge is 0.479 e. The summed E-state index contributed by atoms with van der Waals surface area (Å²) in [5.74, 6) is 1.96. The SMILES string of the molecule is Cc1ccc(Cl)c(OC(C)C(=O)NCc2cc(C)oc2C)c1. The summed E-state index contributed by atoms with van der Waals surface area (Å²) in [4.78, 5) is 12.1. The predicted octanol–water partition coefficient (Wildman–Crippen LogP) is 3.94. The normalized spacial score (nSPS) is 12.0. The van der Waals surface area contributed by atoms with E-state index >= 15 is 0 Å². The fraction of sp³-hybridized carbons (Fsp3) is 0.353. The Bertz CT molecular complexity index is 679. The molecule has 0 radical (unpaired) electrons. The lowest BCUT2D eigenvalue weighted by atomic mass is 10.2. The first-order chi connectivity index (χ1) is 10.4. The van der Waals surface area contributed by atoms with Gasteiger partial charge in [-0.2, -0.15) is 0 Å². The zero-order valence-electron chi connectivity index (χ0n) is 13.2. The van der Waals surface area contributed by atoms with Crippen LogP contribution in [0.25, 0.3) is 0 Å². The molecule has 1 aromatic carbocycles. The van der Waals surface area contributed by atoms with Crippen LogP contribution in [0.15, 0.2) is 28.7 Å². The molecule has 1 heterocycles. The van der Waals surface area contributed by atoms with Crippen molar-refractivity contribution >= 4 is 17.5 Å². The topological polar surface area (TPSA) is 51.5 Å². The number of rotatable bonds is 5. The maximum absolute atomic E-state index is 12.1. The van der Waals surface area contributed by atoms with Gasteiger partial charge in [-0.05, 0) is 51.5 Å². The number of furan rings is 1. The number of halogens is 1. The third-order valence-electron chi connectivity index (χ3n) is 3.36. The van der Waals surface area contributed by atoms with Crippen LogP contribution < -0.4 is 10.1 Å². The molecule has 118 valence electrons. The van der Waals surface area contributed by atoms with Crippen LogP contribution in [0.1, 0.15) is 29.6 Å². The maximum Gasteiger partial charge on any atom is 0.261 e. The third kappa shape index (κ3) is 4.04. The van der Waals surface area contributed by atoms with Crippen LogP contribution >= 0.6 is 11.6 Å². The molecule has 0 aliphatic heterocycles. The summed E-state index contributed by atoms with van der Waals surface area (Å²) in [7, 11) is 0. The van der Waals surface area contributed by atoms with Crippen LogP contribution in [0.5, 0.6) is 5.75 Å². The fourth-order valence-corrected chi connectivity index (χ4v) is 2.29. The molecule has 1 N–H and O–H groups in total. The van der Waals surface area contributed by atoms with Crippen LogP contribution in [0.2, 0.25) is 5.02 Å². The van der Waals surface area contributed by atoms with Crippen LogP contribution in [0.3, 0.4) is 0 Å². The van der Waals surface area contributed by atoms with Gasteiger partial charge in [0.15, 0.2) is 6.10 Å². The molecule has 0 saturated carbocycles. The van der Waals surface area contributed by atoms with Crippen molar-refractivity contribution in [1.29, 1.82) is 0 Å². The molecule has 0 aliphatic rings. The highest BCUT2D eigenvalue weighted by Gasteiger charge is 2.16. The van der Waals surface area contributed by atoms with Crippen molar-refractivity contribution < 1.29 is 13.9 Å². The van der Waals surface area contributed by atoms with Gasteiger partial charge >= 0.3 is 0 Å². The Labute approximate surface area is 135 Å². The Hall–Kier alpha value is -1.94. The molecular formula is C17H20ClNO3.